The van der Waals surface area contributed by atoms with Gasteiger partial charge in [0.1, 0.15) is 23.4 Å². The number of amides is 1. The molecule has 1 N–H and O–H groups in total. The fourth-order valence-corrected chi connectivity index (χ4v) is 4.60. The Morgan fingerprint density at radius 2 is 2.12 bits per heavy atom. The number of piperidine rings is 1. The molecule has 2 aromatic carbocycles. The molecule has 0 radical (unpaired) electrons. The number of tetrazole rings is 1. The van der Waals surface area contributed by atoms with E-state index in [9.17, 15) is 4.79 Å². The second-order valence-electron chi connectivity index (χ2n) is 8.50. The Kier molecular flexibility index (Phi) is 5.77. The monoisotopic (exact) mass is 445 g/mol. The number of ether oxygens (including phenoxy) is 1. The molecule has 33 heavy (non-hydrogen) atoms. The first-order chi connectivity index (χ1) is 16.1. The number of carbonyl (C=O) groups is 1. The summed E-state index contributed by atoms with van der Waals surface area (Å²) in [6, 6.07) is 15.3. The van der Waals surface area contributed by atoms with E-state index in [4.69, 9.17) is 9.72 Å². The molecule has 170 valence electrons. The van der Waals surface area contributed by atoms with E-state index in [1.165, 1.54) is 0 Å². The summed E-state index contributed by atoms with van der Waals surface area (Å²) in [6.45, 7) is 3.15. The van der Waals surface area contributed by atoms with E-state index in [2.05, 4.69) is 20.5 Å². The summed E-state index contributed by atoms with van der Waals surface area (Å²) in [5, 5.41) is 11.9. The number of benzene rings is 2. The molecule has 1 aliphatic rings. The van der Waals surface area contributed by atoms with Crippen LogP contribution in [-0.4, -0.2) is 61.2 Å². The number of imidazole rings is 1. The van der Waals surface area contributed by atoms with Gasteiger partial charge in [0.2, 0.25) is 5.91 Å². The molecule has 5 rings (SSSR count). The maximum absolute atomic E-state index is 13.8. The molecule has 0 unspecified atom stereocenters. The highest BCUT2D eigenvalue weighted by Crippen LogP contribution is 2.29. The summed E-state index contributed by atoms with van der Waals surface area (Å²) in [5.74, 6) is 2.50. The van der Waals surface area contributed by atoms with Crippen LogP contribution in [0.15, 0.2) is 48.5 Å². The van der Waals surface area contributed by atoms with Gasteiger partial charge in [0.05, 0.1) is 18.1 Å². The third-order valence-electron chi connectivity index (χ3n) is 6.33. The summed E-state index contributed by atoms with van der Waals surface area (Å²) in [5.41, 5.74) is 2.97. The zero-order chi connectivity index (χ0) is 22.8. The van der Waals surface area contributed by atoms with E-state index in [1.54, 1.807) is 11.8 Å². The van der Waals surface area contributed by atoms with Gasteiger partial charge in [-0.3, -0.25) is 4.79 Å². The molecule has 0 spiro atoms. The van der Waals surface area contributed by atoms with Crippen LogP contribution in [0.1, 0.15) is 42.0 Å². The van der Waals surface area contributed by atoms with Crippen molar-refractivity contribution in [2.75, 3.05) is 20.2 Å². The Morgan fingerprint density at radius 1 is 1.24 bits per heavy atom. The number of hydrogen-bond donors (Lipinski definition) is 1. The Morgan fingerprint density at radius 3 is 2.91 bits per heavy atom. The number of rotatable bonds is 6. The van der Waals surface area contributed by atoms with Crippen LogP contribution in [0.25, 0.3) is 11.0 Å². The van der Waals surface area contributed by atoms with Gasteiger partial charge < -0.3 is 14.6 Å². The average molecular weight is 446 g/mol. The first kappa shape index (κ1) is 21.1. The van der Waals surface area contributed by atoms with Crippen LogP contribution >= 0.6 is 0 Å². The number of para-hydroxylation sites is 2. The van der Waals surface area contributed by atoms with Crippen LogP contribution in [-0.2, 0) is 11.2 Å². The van der Waals surface area contributed by atoms with Gasteiger partial charge in [-0.1, -0.05) is 24.3 Å². The maximum atomic E-state index is 13.8. The van der Waals surface area contributed by atoms with Crippen molar-refractivity contribution in [3.63, 3.8) is 0 Å². The topological polar surface area (TPSA) is 102 Å². The van der Waals surface area contributed by atoms with Crippen molar-refractivity contribution in [2.45, 2.75) is 38.1 Å². The largest absolute Gasteiger partial charge is 0.497 e. The fourth-order valence-electron chi connectivity index (χ4n) is 4.60. The number of H-pyrrole nitrogens is 1. The molecular formula is C24H27N7O2. The van der Waals surface area contributed by atoms with Crippen molar-refractivity contribution < 1.29 is 9.53 Å². The van der Waals surface area contributed by atoms with Crippen molar-refractivity contribution in [3.05, 3.63) is 65.7 Å². The van der Waals surface area contributed by atoms with E-state index in [0.29, 0.717) is 25.3 Å². The Balaban J connectivity index is 1.40. The highest BCUT2D eigenvalue weighted by molar-refractivity contribution is 5.81. The number of aryl methyl sites for hydroxylation is 1. The average Bonchev–Trinajstić information content (AvgIpc) is 3.48. The maximum Gasteiger partial charge on any atom is 0.247 e. The number of nitrogens with one attached hydrogen (secondary N) is 1. The number of nitrogens with zero attached hydrogens (tertiary/aromatic N) is 6. The van der Waals surface area contributed by atoms with E-state index >= 15 is 0 Å². The number of carbonyl (C=O) groups excluding carboxylic acids is 1. The summed E-state index contributed by atoms with van der Waals surface area (Å²) in [7, 11) is 1.64. The first-order valence-electron chi connectivity index (χ1n) is 11.2. The lowest BCUT2D eigenvalue weighted by molar-refractivity contribution is -0.136. The van der Waals surface area contributed by atoms with Crippen molar-refractivity contribution >= 4 is 16.9 Å². The molecule has 3 heterocycles. The Labute approximate surface area is 191 Å². The molecule has 0 saturated carbocycles. The van der Waals surface area contributed by atoms with Crippen molar-refractivity contribution in [3.8, 4) is 5.75 Å². The van der Waals surface area contributed by atoms with Gasteiger partial charge >= 0.3 is 0 Å². The first-order valence-corrected chi connectivity index (χ1v) is 11.2. The summed E-state index contributed by atoms with van der Waals surface area (Å²) in [6.07, 6.45) is 2.40. The second kappa shape index (κ2) is 9.01. The predicted octanol–water partition coefficient (Wildman–Crippen LogP) is 3.06. The molecular weight excluding hydrogens is 418 g/mol. The van der Waals surface area contributed by atoms with Crippen LogP contribution in [0.4, 0.5) is 0 Å². The molecule has 9 nitrogen and oxygen atoms in total. The standard InChI is InChI=1S/C24H27N7O2/c1-16-27-28-29-31(16)22(14-17-7-5-9-19(13-17)33-2)24(32)30-12-6-8-18(15-30)23-25-20-10-3-4-11-21(20)26-23/h3-5,7,9-11,13,18,22H,6,8,12,14-15H2,1-2H3,(H,25,26)/t18-,22-/m1/s1. The van der Waals surface area contributed by atoms with Gasteiger partial charge in [0.25, 0.3) is 0 Å². The number of likely N-dealkylation sites (tertiary alicyclic amines) is 1. The third kappa shape index (κ3) is 4.30. The third-order valence-corrected chi connectivity index (χ3v) is 6.33. The lowest BCUT2D eigenvalue weighted by Crippen LogP contribution is -2.44. The Bertz CT molecular complexity index is 1230. The number of aromatic nitrogens is 6. The molecule has 1 aliphatic heterocycles. The molecule has 1 fully saturated rings. The Hall–Kier alpha value is -3.75. The molecule has 2 aromatic heterocycles. The molecule has 2 atom stereocenters. The predicted molar refractivity (Wildman–Crippen MR) is 123 cm³/mol. The number of hydrogen-bond acceptors (Lipinski definition) is 6. The second-order valence-corrected chi connectivity index (χ2v) is 8.50. The van der Waals surface area contributed by atoms with Crippen molar-refractivity contribution in [2.24, 2.45) is 0 Å². The summed E-state index contributed by atoms with van der Waals surface area (Å²) < 4.78 is 6.99. The number of aromatic amines is 1. The van der Waals surface area contributed by atoms with Crippen molar-refractivity contribution in [1.82, 2.24) is 35.1 Å². The van der Waals surface area contributed by atoms with Crippen LogP contribution in [0.5, 0.6) is 5.75 Å². The number of fused-ring (bicyclic) bond motifs is 1. The van der Waals surface area contributed by atoms with Crippen LogP contribution < -0.4 is 4.74 Å². The molecule has 1 amide bonds. The fraction of sp³-hybridized carbons (Fsp3) is 0.375. The lowest BCUT2D eigenvalue weighted by Gasteiger charge is -2.34. The molecule has 0 bridgehead atoms. The zero-order valence-electron chi connectivity index (χ0n) is 18.8. The van der Waals surface area contributed by atoms with E-state index in [1.807, 2.05) is 60.4 Å². The molecule has 9 heteroatoms. The zero-order valence-corrected chi connectivity index (χ0v) is 18.8. The van der Waals surface area contributed by atoms with Crippen LogP contribution in [0.3, 0.4) is 0 Å². The van der Waals surface area contributed by atoms with Gasteiger partial charge in [0.15, 0.2) is 0 Å². The van der Waals surface area contributed by atoms with Gasteiger partial charge in [-0.25, -0.2) is 9.67 Å². The SMILES string of the molecule is COc1cccc(C[C@H](C(=O)N2CCC[C@@H](c3nc4ccccc4[nH]3)C2)n2nnnc2C)c1. The van der Waals surface area contributed by atoms with E-state index < -0.39 is 6.04 Å². The molecule has 4 aromatic rings. The highest BCUT2D eigenvalue weighted by atomic mass is 16.5. The van der Waals surface area contributed by atoms with Crippen LogP contribution in [0.2, 0.25) is 0 Å². The van der Waals surface area contributed by atoms with Gasteiger partial charge in [-0.15, -0.1) is 5.10 Å². The normalized spacial score (nSPS) is 17.3. The minimum absolute atomic E-state index is 0.0223. The summed E-state index contributed by atoms with van der Waals surface area (Å²) in [4.78, 5) is 24.0. The number of methoxy groups -OCH3 is 1. The van der Waals surface area contributed by atoms with Gasteiger partial charge in [-0.05, 0) is 60.0 Å². The lowest BCUT2D eigenvalue weighted by atomic mass is 9.96. The van der Waals surface area contributed by atoms with E-state index in [0.717, 1.165) is 41.0 Å². The van der Waals surface area contributed by atoms with Crippen molar-refractivity contribution in [1.29, 1.82) is 0 Å². The quantitative estimate of drug-likeness (QED) is 0.489. The summed E-state index contributed by atoms with van der Waals surface area (Å²) >= 11 is 0. The van der Waals surface area contributed by atoms with Gasteiger partial charge in [0, 0.05) is 25.4 Å². The highest BCUT2D eigenvalue weighted by Gasteiger charge is 2.33. The smallest absolute Gasteiger partial charge is 0.247 e. The van der Waals surface area contributed by atoms with Gasteiger partial charge in [-0.2, -0.15) is 0 Å². The molecule has 0 aliphatic carbocycles. The van der Waals surface area contributed by atoms with Crippen LogP contribution in [0, 0.1) is 6.92 Å². The molecule has 1 saturated heterocycles. The minimum atomic E-state index is -0.526. The van der Waals surface area contributed by atoms with E-state index in [-0.39, 0.29) is 11.8 Å². The minimum Gasteiger partial charge on any atom is -0.497 e.